The molecule has 1 aliphatic heterocycles. The summed E-state index contributed by atoms with van der Waals surface area (Å²) in [6, 6.07) is -0.384. The average molecular weight is 201 g/mol. The van der Waals surface area contributed by atoms with E-state index in [2.05, 4.69) is 4.74 Å². The number of esters is 1. The topological polar surface area (TPSA) is 59.0 Å². The Morgan fingerprint density at radius 1 is 1.57 bits per heavy atom. The maximum Gasteiger partial charge on any atom is 0.377 e. The van der Waals surface area contributed by atoms with Crippen LogP contribution in [0.2, 0.25) is 6.82 Å². The Labute approximate surface area is 84.1 Å². The van der Waals surface area contributed by atoms with E-state index < -0.39 is 7.05 Å². The molecule has 1 fully saturated rings. The van der Waals surface area contributed by atoms with Gasteiger partial charge in [0.15, 0.2) is 0 Å². The van der Waals surface area contributed by atoms with Crippen molar-refractivity contribution in [3.05, 3.63) is 0 Å². The van der Waals surface area contributed by atoms with Gasteiger partial charge in [0.1, 0.15) is 6.04 Å². The van der Waals surface area contributed by atoms with Crippen molar-refractivity contribution in [2.75, 3.05) is 20.8 Å². The summed E-state index contributed by atoms with van der Waals surface area (Å²) in [5, 5.41) is 9.44. The van der Waals surface area contributed by atoms with Crippen molar-refractivity contribution in [3.8, 4) is 0 Å². The molecule has 0 aromatic carbocycles. The van der Waals surface area contributed by atoms with Gasteiger partial charge >= 0.3 is 13.0 Å². The fourth-order valence-corrected chi connectivity index (χ4v) is 1.77. The Hall–Kier alpha value is -0.585. The molecule has 0 aliphatic carbocycles. The van der Waals surface area contributed by atoms with Gasteiger partial charge in [-0.05, 0) is 6.82 Å². The second-order valence-corrected chi connectivity index (χ2v) is 3.46. The molecular formula is C8H16BNO4. The van der Waals surface area contributed by atoms with Crippen molar-refractivity contribution in [3.63, 3.8) is 0 Å². The van der Waals surface area contributed by atoms with Crippen LogP contribution in [-0.2, 0) is 14.3 Å². The lowest BCUT2D eigenvalue weighted by atomic mass is 9.84. The molecule has 0 bridgehead atoms. The molecule has 14 heavy (non-hydrogen) atoms. The molecule has 0 radical (unpaired) electrons. The van der Waals surface area contributed by atoms with Crippen molar-refractivity contribution in [1.82, 2.24) is 4.81 Å². The van der Waals surface area contributed by atoms with Gasteiger partial charge in [-0.2, -0.15) is 0 Å². The van der Waals surface area contributed by atoms with Gasteiger partial charge in [-0.25, -0.2) is 0 Å². The molecule has 1 aliphatic rings. The molecular weight excluding hydrogens is 185 g/mol. The molecule has 1 unspecified atom stereocenters. The third kappa shape index (κ3) is 2.26. The summed E-state index contributed by atoms with van der Waals surface area (Å²) in [5.41, 5.74) is 0. The highest BCUT2D eigenvalue weighted by Crippen LogP contribution is 2.21. The van der Waals surface area contributed by atoms with Crippen molar-refractivity contribution < 1.29 is 19.3 Å². The van der Waals surface area contributed by atoms with Gasteiger partial charge in [0.2, 0.25) is 0 Å². The molecule has 0 spiro atoms. The Balaban J connectivity index is 2.67. The summed E-state index contributed by atoms with van der Waals surface area (Å²) in [6.45, 7) is 2.20. The highest BCUT2D eigenvalue weighted by Gasteiger charge is 2.40. The molecule has 1 rings (SSSR count). The van der Waals surface area contributed by atoms with Crippen molar-refractivity contribution in [2.45, 2.75) is 25.4 Å². The quantitative estimate of drug-likeness (QED) is 0.486. The fraction of sp³-hybridized carbons (Fsp3) is 0.875. The third-order valence-corrected chi connectivity index (χ3v) is 2.59. The number of carbonyl (C=O) groups excluding carboxylic acids is 1. The summed E-state index contributed by atoms with van der Waals surface area (Å²) < 4.78 is 9.82. The maximum atomic E-state index is 11.4. The predicted molar refractivity (Wildman–Crippen MR) is 51.8 cm³/mol. The van der Waals surface area contributed by atoms with E-state index in [1.807, 2.05) is 0 Å². The predicted octanol–water partition coefficient (Wildman–Crippen LogP) is -0.641. The summed E-state index contributed by atoms with van der Waals surface area (Å²) in [6.07, 6.45) is 0.572. The molecule has 80 valence electrons. The lowest BCUT2D eigenvalue weighted by Crippen LogP contribution is -2.45. The first-order valence-corrected chi connectivity index (χ1v) is 4.64. The van der Waals surface area contributed by atoms with Crippen molar-refractivity contribution in [2.24, 2.45) is 0 Å². The molecule has 0 aromatic rings. The number of rotatable bonds is 3. The largest absolute Gasteiger partial charge is 0.468 e. The van der Waals surface area contributed by atoms with E-state index in [1.165, 1.54) is 7.11 Å². The monoisotopic (exact) mass is 201 g/mol. The van der Waals surface area contributed by atoms with E-state index in [1.54, 1.807) is 18.7 Å². The summed E-state index contributed by atoms with van der Waals surface area (Å²) in [4.78, 5) is 13.0. The zero-order chi connectivity index (χ0) is 10.7. The van der Waals surface area contributed by atoms with Crippen LogP contribution in [-0.4, -0.2) is 55.8 Å². The van der Waals surface area contributed by atoms with Crippen LogP contribution < -0.4 is 0 Å². The molecule has 1 heterocycles. The van der Waals surface area contributed by atoms with Crippen molar-refractivity contribution in [1.29, 1.82) is 0 Å². The van der Waals surface area contributed by atoms with Crippen LogP contribution in [0.4, 0.5) is 0 Å². The van der Waals surface area contributed by atoms with E-state index in [4.69, 9.17) is 4.74 Å². The first kappa shape index (κ1) is 11.5. The number of hydrogen-bond donors (Lipinski definition) is 1. The van der Waals surface area contributed by atoms with Gasteiger partial charge in [-0.3, -0.25) is 4.79 Å². The number of ether oxygens (including phenoxy) is 2. The molecule has 6 heteroatoms. The number of carbonyl (C=O) groups is 1. The Morgan fingerprint density at radius 3 is 2.64 bits per heavy atom. The minimum Gasteiger partial charge on any atom is -0.468 e. The highest BCUT2D eigenvalue weighted by molar-refractivity contribution is 6.45. The van der Waals surface area contributed by atoms with Gasteiger partial charge in [0.25, 0.3) is 0 Å². The Morgan fingerprint density at radius 2 is 2.21 bits per heavy atom. The zero-order valence-electron chi connectivity index (χ0n) is 8.77. The third-order valence-electron chi connectivity index (χ3n) is 2.59. The van der Waals surface area contributed by atoms with Crippen LogP contribution >= 0.6 is 0 Å². The number of methoxy groups -OCH3 is 2. The van der Waals surface area contributed by atoms with Gasteiger partial charge in [0.05, 0.1) is 13.2 Å². The minimum atomic E-state index is -0.653. The van der Waals surface area contributed by atoms with Crippen LogP contribution in [0, 0.1) is 0 Å². The average Bonchev–Trinajstić information content (AvgIpc) is 2.60. The molecule has 0 saturated carbocycles. The zero-order valence-corrected chi connectivity index (χ0v) is 8.77. The molecule has 1 saturated heterocycles. The normalized spacial score (nSPS) is 27.7. The summed E-state index contributed by atoms with van der Waals surface area (Å²) in [5.74, 6) is -0.314. The first-order valence-electron chi connectivity index (χ1n) is 4.64. The molecule has 0 aromatic heterocycles. The van der Waals surface area contributed by atoms with Gasteiger partial charge in [-0.15, -0.1) is 0 Å². The van der Waals surface area contributed by atoms with Crippen LogP contribution in [0.15, 0.2) is 0 Å². The first-order chi connectivity index (χ1) is 6.60. The lowest BCUT2D eigenvalue weighted by Gasteiger charge is -2.22. The van der Waals surface area contributed by atoms with Gasteiger partial charge in [-0.1, -0.05) is 0 Å². The van der Waals surface area contributed by atoms with Crippen molar-refractivity contribution >= 4 is 13.0 Å². The van der Waals surface area contributed by atoms with Crippen LogP contribution in [0.1, 0.15) is 6.42 Å². The molecule has 0 amide bonds. The van der Waals surface area contributed by atoms with Gasteiger partial charge in [0, 0.05) is 20.1 Å². The maximum absolute atomic E-state index is 11.4. The van der Waals surface area contributed by atoms with Crippen LogP contribution in [0.5, 0.6) is 0 Å². The van der Waals surface area contributed by atoms with Crippen LogP contribution in [0.3, 0.4) is 0 Å². The SMILES string of the molecule is COC(=O)C1C[C@@H](OC)CN1B(C)O. The van der Waals surface area contributed by atoms with E-state index in [9.17, 15) is 9.82 Å². The molecule has 2 atom stereocenters. The van der Waals surface area contributed by atoms with Crippen LogP contribution in [0.25, 0.3) is 0 Å². The fourth-order valence-electron chi connectivity index (χ4n) is 1.77. The Bertz CT molecular complexity index is 212. The lowest BCUT2D eigenvalue weighted by molar-refractivity contribution is -0.144. The van der Waals surface area contributed by atoms with Gasteiger partial charge < -0.3 is 19.3 Å². The van der Waals surface area contributed by atoms with E-state index in [-0.39, 0.29) is 18.1 Å². The Kier molecular flexibility index (Phi) is 3.91. The number of hydrogen-bond acceptors (Lipinski definition) is 5. The number of nitrogens with zero attached hydrogens (tertiary/aromatic N) is 1. The second kappa shape index (κ2) is 4.77. The summed E-state index contributed by atoms with van der Waals surface area (Å²) >= 11 is 0. The summed E-state index contributed by atoms with van der Waals surface area (Å²) in [7, 11) is 2.30. The van der Waals surface area contributed by atoms with E-state index in [0.717, 1.165) is 0 Å². The standard InChI is InChI=1S/C8H16BNO4/c1-9(12)10-5-6(13-2)4-7(10)8(11)14-3/h6-7,12H,4-5H2,1-3H3/t6-,7?/m1/s1. The van der Waals surface area contributed by atoms with E-state index in [0.29, 0.717) is 13.0 Å². The van der Waals surface area contributed by atoms with E-state index >= 15 is 0 Å². The molecule has 1 N–H and O–H groups in total. The highest BCUT2D eigenvalue weighted by atomic mass is 16.5. The molecule has 5 nitrogen and oxygen atoms in total. The minimum absolute atomic E-state index is 0.00583. The smallest absolute Gasteiger partial charge is 0.377 e. The second-order valence-electron chi connectivity index (χ2n) is 3.46.